The number of rotatable bonds is 11. The fourth-order valence-corrected chi connectivity index (χ4v) is 10.6. The van der Waals surface area contributed by atoms with E-state index >= 15 is 0 Å². The molecule has 4 nitrogen and oxygen atoms in total. The van der Waals surface area contributed by atoms with Crippen molar-refractivity contribution in [1.82, 2.24) is 0 Å². The molecule has 0 amide bonds. The summed E-state index contributed by atoms with van der Waals surface area (Å²) in [4.78, 5) is 0. The maximum atomic E-state index is 6.40. The highest BCUT2D eigenvalue weighted by Gasteiger charge is 2.60. The largest absolute Gasteiger partial charge is 0.487 e. The molecule has 1 aromatic rings. The second-order valence-corrected chi connectivity index (χ2v) is 16.0. The van der Waals surface area contributed by atoms with Crippen molar-refractivity contribution >= 4 is 11.4 Å². The Bertz CT molecular complexity index is 1070. The maximum absolute atomic E-state index is 6.40. The number of benzene rings is 1. The molecular weight excluding hydrogens is 516 g/mol. The lowest BCUT2D eigenvalue weighted by Gasteiger charge is -2.61. The molecule has 0 saturated heterocycles. The number of nitrogens with two attached hydrogens (primary N) is 2. The number of hydrogen-bond acceptors (Lipinski definition) is 4. The first kappa shape index (κ1) is 31.7. The minimum absolute atomic E-state index is 0.400. The summed E-state index contributed by atoms with van der Waals surface area (Å²) in [5, 5.41) is 0. The quantitative estimate of drug-likeness (QED) is 0.203. The summed E-state index contributed by atoms with van der Waals surface area (Å²) in [5.41, 5.74) is 14.1. The molecular formula is C38H62N2O2. The van der Waals surface area contributed by atoms with E-state index in [9.17, 15) is 0 Å². The highest BCUT2D eigenvalue weighted by Crippen LogP contribution is 2.68. The molecule has 0 bridgehead atoms. The van der Waals surface area contributed by atoms with E-state index in [-0.39, 0.29) is 0 Å². The number of fused-ring (bicyclic) bond motifs is 5. The summed E-state index contributed by atoms with van der Waals surface area (Å²) in [7, 11) is 0. The first-order valence-corrected chi connectivity index (χ1v) is 17.6. The molecule has 0 aromatic heterocycles. The van der Waals surface area contributed by atoms with E-state index in [1.54, 1.807) is 6.07 Å². The summed E-state index contributed by atoms with van der Waals surface area (Å²) in [5.74, 6) is 7.87. The van der Waals surface area contributed by atoms with Gasteiger partial charge < -0.3 is 20.9 Å². The van der Waals surface area contributed by atoms with Gasteiger partial charge in [0.15, 0.2) is 0 Å². The minimum atomic E-state index is 0.400. The molecule has 0 heterocycles. The van der Waals surface area contributed by atoms with Crippen molar-refractivity contribution in [3.63, 3.8) is 0 Å². The Morgan fingerprint density at radius 1 is 0.857 bits per heavy atom. The molecule has 0 radical (unpaired) electrons. The lowest BCUT2D eigenvalue weighted by molar-refractivity contribution is -0.135. The van der Waals surface area contributed by atoms with Gasteiger partial charge in [-0.15, -0.1) is 0 Å². The number of hydrogen-bond donors (Lipinski definition) is 2. The van der Waals surface area contributed by atoms with Crippen LogP contribution >= 0.6 is 0 Å². The minimum Gasteiger partial charge on any atom is -0.487 e. The van der Waals surface area contributed by atoms with Crippen molar-refractivity contribution < 1.29 is 9.47 Å². The van der Waals surface area contributed by atoms with E-state index < -0.39 is 0 Å². The molecule has 42 heavy (non-hydrogen) atoms. The fraction of sp³-hybridized carbons (Fsp3) is 0.789. The third-order valence-electron chi connectivity index (χ3n) is 13.6. The van der Waals surface area contributed by atoms with Crippen molar-refractivity contribution in [3.05, 3.63) is 30.4 Å². The molecule has 4 saturated carbocycles. The molecule has 10 atom stereocenters. The van der Waals surface area contributed by atoms with Crippen LogP contribution in [0.1, 0.15) is 112 Å². The summed E-state index contributed by atoms with van der Waals surface area (Å²) in [6, 6.07) is 5.38. The van der Waals surface area contributed by atoms with Gasteiger partial charge in [-0.25, -0.2) is 0 Å². The molecule has 7 unspecified atom stereocenters. The molecule has 236 valence electrons. The van der Waals surface area contributed by atoms with Gasteiger partial charge in [-0.05, 0) is 140 Å². The Labute approximate surface area is 257 Å². The van der Waals surface area contributed by atoms with Gasteiger partial charge in [0.2, 0.25) is 0 Å². The standard InChI is InChI=1S/C38H62N2O2/c1-25(2)26(3)9-10-27(4)32-14-15-33-31-13-11-28-23-30(17-19-37(28,5)34(31)18-20-38(32,33)6)41-21-7-8-22-42-36-16-12-29(39)24-35(36)40/h7-8,12,16,24-28,30-34H,9-11,13-15,17-23,39-40H2,1-6H3/b8-7+/t26-,27?,28?,30?,31?,32?,33?,34?,37-,38+/m0/s1. The van der Waals surface area contributed by atoms with Crippen LogP contribution in [0.4, 0.5) is 11.4 Å². The van der Waals surface area contributed by atoms with Crippen molar-refractivity contribution in [2.75, 3.05) is 24.7 Å². The summed E-state index contributed by atoms with van der Waals surface area (Å²) < 4.78 is 12.2. The van der Waals surface area contributed by atoms with E-state index in [1.165, 1.54) is 70.6 Å². The molecule has 4 aliphatic rings. The van der Waals surface area contributed by atoms with Crippen molar-refractivity contribution in [2.24, 2.45) is 58.2 Å². The molecule has 4 fully saturated rings. The van der Waals surface area contributed by atoms with E-state index in [2.05, 4.69) is 47.6 Å². The van der Waals surface area contributed by atoms with Gasteiger partial charge in [0, 0.05) is 5.69 Å². The number of anilines is 2. The second-order valence-electron chi connectivity index (χ2n) is 16.0. The molecule has 0 aliphatic heterocycles. The summed E-state index contributed by atoms with van der Waals surface area (Å²) in [6.45, 7) is 16.4. The van der Waals surface area contributed by atoms with Crippen LogP contribution < -0.4 is 16.2 Å². The third-order valence-corrected chi connectivity index (χ3v) is 13.6. The van der Waals surface area contributed by atoms with Gasteiger partial charge in [0.1, 0.15) is 12.4 Å². The molecule has 0 spiro atoms. The molecule has 4 heteroatoms. The normalized spacial score (nSPS) is 37.7. The first-order valence-electron chi connectivity index (χ1n) is 17.6. The van der Waals surface area contributed by atoms with E-state index in [1.807, 2.05) is 18.2 Å². The first-order chi connectivity index (χ1) is 20.0. The number of ether oxygens (including phenoxy) is 2. The van der Waals surface area contributed by atoms with Crippen LogP contribution in [0.15, 0.2) is 30.4 Å². The molecule has 4 N–H and O–H groups in total. The Hall–Kier alpha value is -1.68. The van der Waals surface area contributed by atoms with Crippen molar-refractivity contribution in [3.8, 4) is 5.75 Å². The lowest BCUT2D eigenvalue weighted by atomic mass is 9.44. The average molecular weight is 579 g/mol. The number of nitrogen functional groups attached to an aromatic ring is 2. The predicted molar refractivity (Wildman–Crippen MR) is 177 cm³/mol. The van der Waals surface area contributed by atoms with Gasteiger partial charge >= 0.3 is 0 Å². The van der Waals surface area contributed by atoms with Gasteiger partial charge in [-0.1, -0.05) is 60.5 Å². The Morgan fingerprint density at radius 3 is 2.36 bits per heavy atom. The van der Waals surface area contributed by atoms with Crippen LogP contribution in [0.25, 0.3) is 0 Å². The van der Waals surface area contributed by atoms with E-state index in [0.29, 0.717) is 47.3 Å². The predicted octanol–water partition coefficient (Wildman–Crippen LogP) is 9.54. The van der Waals surface area contributed by atoms with Gasteiger partial charge in [0.25, 0.3) is 0 Å². The van der Waals surface area contributed by atoms with Crippen LogP contribution in [-0.4, -0.2) is 19.3 Å². The van der Waals surface area contributed by atoms with Gasteiger partial charge in [-0.3, -0.25) is 0 Å². The fourth-order valence-electron chi connectivity index (χ4n) is 10.6. The Kier molecular flexibility index (Phi) is 9.92. The lowest BCUT2D eigenvalue weighted by Crippen LogP contribution is -2.54. The topological polar surface area (TPSA) is 70.5 Å². The molecule has 1 aromatic carbocycles. The summed E-state index contributed by atoms with van der Waals surface area (Å²) >= 11 is 0. The van der Waals surface area contributed by atoms with Crippen LogP contribution in [0, 0.1) is 58.2 Å². The van der Waals surface area contributed by atoms with E-state index in [4.69, 9.17) is 20.9 Å². The van der Waals surface area contributed by atoms with Crippen molar-refractivity contribution in [2.45, 2.75) is 118 Å². The highest BCUT2D eigenvalue weighted by molar-refractivity contribution is 5.60. The van der Waals surface area contributed by atoms with E-state index in [0.717, 1.165) is 47.3 Å². The highest BCUT2D eigenvalue weighted by atomic mass is 16.5. The molecule has 4 aliphatic carbocycles. The monoisotopic (exact) mass is 578 g/mol. The zero-order valence-electron chi connectivity index (χ0n) is 27.7. The Balaban J connectivity index is 1.10. The molecule has 5 rings (SSSR count). The van der Waals surface area contributed by atoms with Crippen molar-refractivity contribution in [1.29, 1.82) is 0 Å². The van der Waals surface area contributed by atoms with Crippen LogP contribution in [0.5, 0.6) is 5.75 Å². The zero-order valence-corrected chi connectivity index (χ0v) is 27.7. The maximum Gasteiger partial charge on any atom is 0.142 e. The SMILES string of the molecule is CC(CC[C@H](C)C(C)C)C1CCC2C3CCC4CC(OC/C=C/COc5ccc(N)cc5N)CC[C@]4(C)C3CC[C@]12C. The Morgan fingerprint density at radius 2 is 1.60 bits per heavy atom. The third kappa shape index (κ3) is 6.40. The summed E-state index contributed by atoms with van der Waals surface area (Å²) in [6.07, 6.45) is 20.0. The average Bonchev–Trinajstić information content (AvgIpc) is 3.31. The van der Waals surface area contributed by atoms with Crippen LogP contribution in [-0.2, 0) is 4.74 Å². The van der Waals surface area contributed by atoms with Gasteiger partial charge in [-0.2, -0.15) is 0 Å². The van der Waals surface area contributed by atoms with Crippen LogP contribution in [0.3, 0.4) is 0 Å². The second kappa shape index (κ2) is 13.1. The van der Waals surface area contributed by atoms with Crippen LogP contribution in [0.2, 0.25) is 0 Å². The zero-order chi connectivity index (χ0) is 30.1. The smallest absolute Gasteiger partial charge is 0.142 e. The van der Waals surface area contributed by atoms with Gasteiger partial charge in [0.05, 0.1) is 18.4 Å².